The number of carbonyl (C=O) groups excluding carboxylic acids is 3. The van der Waals surface area contributed by atoms with E-state index in [2.05, 4.69) is 20.3 Å². The second kappa shape index (κ2) is 10.0. The highest BCUT2D eigenvalue weighted by Gasteiger charge is 2.54. The number of amides is 3. The highest BCUT2D eigenvalue weighted by Crippen LogP contribution is 2.40. The maximum Gasteiger partial charge on any atom is 0.409 e. The molecule has 1 fully saturated rings. The fourth-order valence-electron chi connectivity index (χ4n) is 2.97. The van der Waals surface area contributed by atoms with Crippen molar-refractivity contribution in [3.63, 3.8) is 0 Å². The van der Waals surface area contributed by atoms with Crippen LogP contribution in [0, 0.1) is 0 Å². The predicted molar refractivity (Wildman–Crippen MR) is 115 cm³/mol. The normalized spacial score (nSPS) is 20.0. The van der Waals surface area contributed by atoms with Crippen molar-refractivity contribution in [3.05, 3.63) is 22.3 Å². The third-order valence-electron chi connectivity index (χ3n) is 4.46. The Labute approximate surface area is 194 Å². The minimum absolute atomic E-state index is 0.0273. The number of β-lactam (4-membered cyclic amide) rings is 1. The Hall–Kier alpha value is -3.40. The molecule has 3 rings (SSSR count). The van der Waals surface area contributed by atoms with Gasteiger partial charge in [0.2, 0.25) is 0 Å². The van der Waals surface area contributed by atoms with Crippen molar-refractivity contribution >= 4 is 57.8 Å². The van der Waals surface area contributed by atoms with E-state index in [0.29, 0.717) is 0 Å². The van der Waals surface area contributed by atoms with Crippen LogP contribution >= 0.6 is 23.1 Å². The van der Waals surface area contributed by atoms with Gasteiger partial charge in [0.25, 0.3) is 18.7 Å². The molecule has 2 aliphatic rings. The summed E-state index contributed by atoms with van der Waals surface area (Å²) in [5, 5.41) is 16.3. The lowest BCUT2D eigenvalue weighted by molar-refractivity contribution is -0.150. The van der Waals surface area contributed by atoms with Crippen LogP contribution in [-0.2, 0) is 24.0 Å². The van der Waals surface area contributed by atoms with Crippen LogP contribution in [0.25, 0.3) is 0 Å². The molecule has 0 aromatic carbocycles. The second-order valence-corrected chi connectivity index (χ2v) is 8.81. The van der Waals surface area contributed by atoms with Crippen molar-refractivity contribution < 1.29 is 38.2 Å². The molecule has 1 aromatic heterocycles. The number of anilines is 1. The Balaban J connectivity index is 1.76. The van der Waals surface area contributed by atoms with Gasteiger partial charge in [0, 0.05) is 30.8 Å². The van der Waals surface area contributed by atoms with Crippen LogP contribution in [-0.4, -0.2) is 94.2 Å². The molecule has 0 unspecified atom stereocenters. The minimum Gasteiger partial charge on any atom is -0.477 e. The molecule has 0 saturated carbocycles. The molecule has 0 radical (unpaired) electrons. The third kappa shape index (κ3) is 5.00. The number of thiazole rings is 1. The smallest absolute Gasteiger partial charge is 0.409 e. The lowest BCUT2D eigenvalue weighted by Gasteiger charge is -2.49. The molecule has 16 heteroatoms. The first-order valence-electron chi connectivity index (χ1n) is 9.18. The third-order valence-corrected chi connectivity index (χ3v) is 6.47. The number of aromatic nitrogens is 1. The van der Waals surface area contributed by atoms with Crippen molar-refractivity contribution in [1.82, 2.24) is 20.1 Å². The number of thioether (sulfide) groups is 1. The van der Waals surface area contributed by atoms with Crippen molar-refractivity contribution in [2.75, 3.05) is 39.0 Å². The molecule has 2 aliphatic heterocycles. The number of alkyl halides is 1. The number of nitrogens with two attached hydrogens (primary N) is 1. The summed E-state index contributed by atoms with van der Waals surface area (Å²) in [6.07, 6.45) is -0.663. The number of fused-ring (bicyclic) bond motifs is 1. The molecule has 3 amide bonds. The molecule has 0 bridgehead atoms. The zero-order valence-corrected chi connectivity index (χ0v) is 18.9. The number of carbonyl (C=O) groups is 4. The number of carboxylic acid groups (broad SMARTS) is 1. The maximum absolute atomic E-state index is 12.7. The molecule has 4 N–H and O–H groups in total. The summed E-state index contributed by atoms with van der Waals surface area (Å²) in [7, 11) is 2.95. The van der Waals surface area contributed by atoms with Gasteiger partial charge in [0.1, 0.15) is 29.4 Å². The van der Waals surface area contributed by atoms with Gasteiger partial charge in [-0.25, -0.2) is 19.0 Å². The van der Waals surface area contributed by atoms with E-state index in [4.69, 9.17) is 10.5 Å². The van der Waals surface area contributed by atoms with E-state index in [1.807, 2.05) is 0 Å². The number of nitrogens with zero attached hydrogens (tertiary/aromatic N) is 4. The highest BCUT2D eigenvalue weighted by atomic mass is 32.2. The summed E-state index contributed by atoms with van der Waals surface area (Å²) in [4.78, 5) is 59.4. The molecule has 0 aliphatic carbocycles. The molecule has 33 heavy (non-hydrogen) atoms. The van der Waals surface area contributed by atoms with Crippen LogP contribution in [0.1, 0.15) is 5.69 Å². The number of hydrogen-bond acceptors (Lipinski definition) is 11. The van der Waals surface area contributed by atoms with E-state index < -0.39 is 47.9 Å². The minimum atomic E-state index is -1.37. The van der Waals surface area contributed by atoms with Crippen LogP contribution in [0.2, 0.25) is 0 Å². The van der Waals surface area contributed by atoms with Crippen LogP contribution < -0.4 is 11.1 Å². The van der Waals surface area contributed by atoms with E-state index in [1.165, 1.54) is 36.1 Å². The summed E-state index contributed by atoms with van der Waals surface area (Å²) in [6, 6.07) is -1.07. The number of rotatable bonds is 8. The molecule has 3 heterocycles. The molecule has 0 spiro atoms. The molecule has 2 atom stereocenters. The van der Waals surface area contributed by atoms with Crippen LogP contribution in [0.5, 0.6) is 0 Å². The van der Waals surface area contributed by atoms with Crippen LogP contribution in [0.3, 0.4) is 0 Å². The number of hydrogen-bond donors (Lipinski definition) is 3. The molecule has 13 nitrogen and oxygen atoms in total. The van der Waals surface area contributed by atoms with Gasteiger partial charge < -0.3 is 30.6 Å². The number of oxime groups is 1. The number of ether oxygens (including phenoxy) is 1. The van der Waals surface area contributed by atoms with E-state index in [1.54, 1.807) is 0 Å². The van der Waals surface area contributed by atoms with E-state index in [0.717, 1.165) is 16.2 Å². The molecule has 1 saturated heterocycles. The molecule has 178 valence electrons. The van der Waals surface area contributed by atoms with Gasteiger partial charge in [-0.15, -0.1) is 23.1 Å². The van der Waals surface area contributed by atoms with E-state index in [-0.39, 0.29) is 34.5 Å². The largest absolute Gasteiger partial charge is 0.477 e. The zero-order valence-electron chi connectivity index (χ0n) is 17.3. The monoisotopic (exact) mass is 502 g/mol. The summed E-state index contributed by atoms with van der Waals surface area (Å²) >= 11 is 2.21. The zero-order chi connectivity index (χ0) is 24.3. The number of aliphatic carboxylic acids is 1. The fourth-order valence-corrected chi connectivity index (χ4v) is 4.85. The van der Waals surface area contributed by atoms with E-state index >= 15 is 0 Å². The second-order valence-electron chi connectivity index (χ2n) is 6.82. The fraction of sp³-hybridized carbons (Fsp3) is 0.412. The highest BCUT2D eigenvalue weighted by molar-refractivity contribution is 8.00. The number of nitrogen functional groups attached to an aromatic ring is 1. The van der Waals surface area contributed by atoms with E-state index in [9.17, 15) is 28.7 Å². The molecular formula is C17H19FN6O7S2. The first-order valence-corrected chi connectivity index (χ1v) is 11.1. The number of nitrogens with one attached hydrogen (secondary N) is 1. The van der Waals surface area contributed by atoms with Gasteiger partial charge in [-0.1, -0.05) is 5.16 Å². The summed E-state index contributed by atoms with van der Waals surface area (Å²) < 4.78 is 17.5. The van der Waals surface area contributed by atoms with Gasteiger partial charge in [0.05, 0.1) is 0 Å². The number of halogens is 1. The van der Waals surface area contributed by atoms with Crippen molar-refractivity contribution in [2.45, 2.75) is 11.4 Å². The van der Waals surface area contributed by atoms with Gasteiger partial charge in [-0.3, -0.25) is 14.5 Å². The van der Waals surface area contributed by atoms with Gasteiger partial charge in [0.15, 0.2) is 10.8 Å². The average Bonchev–Trinajstić information content (AvgIpc) is 3.20. The average molecular weight is 503 g/mol. The standard InChI is InChI=1S/C17H19FN6O7S2/c1-23(2)17(29)30-3-7-4-32-14-10(13(26)24(14)11(7)15(27)28)21-12(25)9(22-31-6-18)8-5-33-16(19)20-8/h5,10,14H,3-4,6H2,1-2H3,(H2,19,20)(H,21,25)(H,27,28)/b22-9-/t10-,14-/m1/s1. The molecular weight excluding hydrogens is 483 g/mol. The Morgan fingerprint density at radius 3 is 2.76 bits per heavy atom. The quantitative estimate of drug-likeness (QED) is 0.245. The lowest BCUT2D eigenvalue weighted by atomic mass is 10.0. The van der Waals surface area contributed by atoms with Gasteiger partial charge >= 0.3 is 12.1 Å². The van der Waals surface area contributed by atoms with Crippen molar-refractivity contribution in [2.24, 2.45) is 5.16 Å². The lowest BCUT2D eigenvalue weighted by Crippen LogP contribution is -2.71. The van der Waals surface area contributed by atoms with Crippen LogP contribution in [0.15, 0.2) is 21.8 Å². The summed E-state index contributed by atoms with van der Waals surface area (Å²) in [5.41, 5.74) is 5.13. The SMILES string of the molecule is CN(C)C(=O)OCC1=C(C(=O)O)N2C(=O)[C@@H](NC(=O)/C(=N\OCF)c3csc(N)n3)[C@H]2SC1. The van der Waals surface area contributed by atoms with Crippen molar-refractivity contribution in [1.29, 1.82) is 0 Å². The Kier molecular flexibility index (Phi) is 7.37. The summed E-state index contributed by atoms with van der Waals surface area (Å²) in [5.74, 6) is -2.78. The number of carboxylic acids is 1. The van der Waals surface area contributed by atoms with Gasteiger partial charge in [-0.05, 0) is 0 Å². The van der Waals surface area contributed by atoms with Gasteiger partial charge in [-0.2, -0.15) is 0 Å². The Bertz CT molecular complexity index is 1040. The van der Waals surface area contributed by atoms with Crippen molar-refractivity contribution in [3.8, 4) is 0 Å². The topological polar surface area (TPSA) is 177 Å². The maximum atomic E-state index is 12.7. The Morgan fingerprint density at radius 1 is 1.45 bits per heavy atom. The predicted octanol–water partition coefficient (Wildman–Crippen LogP) is -0.190. The first kappa shape index (κ1) is 24.2. The summed E-state index contributed by atoms with van der Waals surface area (Å²) in [6.45, 7) is -1.60. The first-order chi connectivity index (χ1) is 15.6. The van der Waals surface area contributed by atoms with Crippen LogP contribution in [0.4, 0.5) is 14.3 Å². The Morgan fingerprint density at radius 2 is 2.18 bits per heavy atom. The molecule has 1 aromatic rings.